The summed E-state index contributed by atoms with van der Waals surface area (Å²) in [7, 11) is -2.79. The molecular weight excluding hydrogens is 196 g/mol. The average Bonchev–Trinajstić information content (AvgIpc) is 2.02. The molecule has 1 rings (SSSR count). The average molecular weight is 218 g/mol. The van der Waals surface area contributed by atoms with Gasteiger partial charge in [-0.3, -0.25) is 0 Å². The van der Waals surface area contributed by atoms with Crippen LogP contribution in [0.2, 0.25) is 0 Å². The molecule has 0 amide bonds. The van der Waals surface area contributed by atoms with Gasteiger partial charge >= 0.3 is 0 Å². The van der Waals surface area contributed by atoms with Gasteiger partial charge in [0.1, 0.15) is 0 Å². The molecule has 1 fully saturated rings. The van der Waals surface area contributed by atoms with Gasteiger partial charge in [-0.25, -0.2) is 8.42 Å². The second-order valence-corrected chi connectivity index (χ2v) is 7.52. The van der Waals surface area contributed by atoms with E-state index >= 15 is 0 Å². The van der Waals surface area contributed by atoms with E-state index in [0.29, 0.717) is 17.6 Å². The van der Waals surface area contributed by atoms with Gasteiger partial charge in [0, 0.05) is 0 Å². The first-order valence-electron chi connectivity index (χ1n) is 5.56. The van der Waals surface area contributed by atoms with Crippen molar-refractivity contribution in [2.45, 2.75) is 45.8 Å². The second kappa shape index (κ2) is 4.21. The number of hydrogen-bond donors (Lipinski definition) is 0. The number of rotatable bonds is 2. The van der Waals surface area contributed by atoms with Gasteiger partial charge in [0.05, 0.1) is 11.0 Å². The van der Waals surface area contributed by atoms with Crippen molar-refractivity contribution in [2.75, 3.05) is 5.75 Å². The monoisotopic (exact) mass is 218 g/mol. The molecule has 2 atom stereocenters. The van der Waals surface area contributed by atoms with Gasteiger partial charge in [-0.05, 0) is 30.6 Å². The summed E-state index contributed by atoms with van der Waals surface area (Å²) in [4.78, 5) is 0. The summed E-state index contributed by atoms with van der Waals surface area (Å²) < 4.78 is 23.6. The predicted octanol–water partition coefficient (Wildman–Crippen LogP) is 2.49. The minimum absolute atomic E-state index is 0.0938. The predicted molar refractivity (Wildman–Crippen MR) is 60.0 cm³/mol. The summed E-state index contributed by atoms with van der Waals surface area (Å²) >= 11 is 0. The van der Waals surface area contributed by atoms with Crippen LogP contribution in [0.1, 0.15) is 40.5 Å². The fourth-order valence-corrected chi connectivity index (χ4v) is 4.63. The number of sulfone groups is 1. The van der Waals surface area contributed by atoms with E-state index in [1.807, 2.05) is 13.8 Å². The molecule has 0 aromatic carbocycles. The summed E-state index contributed by atoms with van der Waals surface area (Å²) in [5.74, 6) is 1.89. The van der Waals surface area contributed by atoms with E-state index in [2.05, 4.69) is 13.8 Å². The lowest BCUT2D eigenvalue weighted by molar-refractivity contribution is 0.308. The molecule has 0 bridgehead atoms. The van der Waals surface area contributed by atoms with Gasteiger partial charge in [0.15, 0.2) is 9.84 Å². The minimum Gasteiger partial charge on any atom is -0.229 e. The summed E-state index contributed by atoms with van der Waals surface area (Å²) in [6, 6.07) is 0. The highest BCUT2D eigenvalue weighted by molar-refractivity contribution is 7.92. The fraction of sp³-hybridized carbons (Fsp3) is 1.00. The quantitative estimate of drug-likeness (QED) is 0.713. The summed E-state index contributed by atoms with van der Waals surface area (Å²) in [6.45, 7) is 8.43. The first-order valence-corrected chi connectivity index (χ1v) is 7.27. The van der Waals surface area contributed by atoms with Crippen LogP contribution in [-0.4, -0.2) is 19.4 Å². The van der Waals surface area contributed by atoms with Gasteiger partial charge in [0.2, 0.25) is 0 Å². The molecule has 0 radical (unpaired) electrons. The molecular formula is C11H22O2S. The molecule has 0 aliphatic carbocycles. The van der Waals surface area contributed by atoms with Gasteiger partial charge in [-0.15, -0.1) is 0 Å². The largest absolute Gasteiger partial charge is 0.229 e. The van der Waals surface area contributed by atoms with Crippen molar-refractivity contribution in [3.05, 3.63) is 0 Å². The number of hydrogen-bond acceptors (Lipinski definition) is 2. The highest BCUT2D eigenvalue weighted by atomic mass is 32.2. The third kappa shape index (κ3) is 2.50. The van der Waals surface area contributed by atoms with E-state index in [-0.39, 0.29) is 11.2 Å². The zero-order chi connectivity index (χ0) is 10.9. The maximum absolute atomic E-state index is 11.8. The van der Waals surface area contributed by atoms with Crippen LogP contribution in [0.3, 0.4) is 0 Å². The molecule has 0 aromatic rings. The van der Waals surface area contributed by atoms with Crippen molar-refractivity contribution >= 4 is 9.84 Å². The lowest BCUT2D eigenvalue weighted by atomic mass is 9.86. The third-order valence-electron chi connectivity index (χ3n) is 3.46. The van der Waals surface area contributed by atoms with Crippen LogP contribution in [0.15, 0.2) is 0 Å². The molecule has 1 saturated heterocycles. The Kier molecular flexibility index (Phi) is 3.62. The Bertz CT molecular complexity index is 278. The van der Waals surface area contributed by atoms with Crippen LogP contribution in [0, 0.1) is 17.8 Å². The van der Waals surface area contributed by atoms with Gasteiger partial charge in [-0.2, -0.15) is 0 Å². The van der Waals surface area contributed by atoms with Crippen LogP contribution < -0.4 is 0 Å². The minimum atomic E-state index is -2.79. The van der Waals surface area contributed by atoms with Gasteiger partial charge in [-0.1, -0.05) is 27.7 Å². The van der Waals surface area contributed by atoms with E-state index in [0.717, 1.165) is 12.8 Å². The summed E-state index contributed by atoms with van der Waals surface area (Å²) in [5.41, 5.74) is 0. The lowest BCUT2D eigenvalue weighted by Gasteiger charge is -2.33. The molecule has 2 unspecified atom stereocenters. The van der Waals surface area contributed by atoms with Crippen LogP contribution in [0.25, 0.3) is 0 Å². The van der Waals surface area contributed by atoms with Gasteiger partial charge in [0.25, 0.3) is 0 Å². The molecule has 2 nitrogen and oxygen atoms in total. The molecule has 0 spiro atoms. The molecule has 84 valence electrons. The Morgan fingerprint density at radius 2 is 1.64 bits per heavy atom. The van der Waals surface area contributed by atoms with E-state index in [9.17, 15) is 8.42 Å². The van der Waals surface area contributed by atoms with Crippen LogP contribution in [0.5, 0.6) is 0 Å². The van der Waals surface area contributed by atoms with E-state index < -0.39 is 9.84 Å². The molecule has 14 heavy (non-hydrogen) atoms. The Morgan fingerprint density at radius 3 is 2.07 bits per heavy atom. The Labute approximate surface area is 88.0 Å². The van der Waals surface area contributed by atoms with Crippen molar-refractivity contribution in [1.29, 1.82) is 0 Å². The Balaban J connectivity index is 2.78. The third-order valence-corrected chi connectivity index (χ3v) is 5.92. The SMILES string of the molecule is CC(C)C1CCS(=O)(=O)C(C(C)C)C1. The van der Waals surface area contributed by atoms with Crippen LogP contribution >= 0.6 is 0 Å². The summed E-state index contributed by atoms with van der Waals surface area (Å²) in [5, 5.41) is -0.0938. The standard InChI is InChI=1S/C11H22O2S/c1-8(2)10-5-6-14(12,13)11(7-10)9(3)4/h8-11H,5-7H2,1-4H3. The van der Waals surface area contributed by atoms with Crippen LogP contribution in [0.4, 0.5) is 0 Å². The topological polar surface area (TPSA) is 34.1 Å². The first-order chi connectivity index (χ1) is 6.34. The first kappa shape index (κ1) is 12.0. The maximum Gasteiger partial charge on any atom is 0.153 e. The zero-order valence-electron chi connectivity index (χ0n) is 9.66. The van der Waals surface area contributed by atoms with Crippen molar-refractivity contribution in [3.63, 3.8) is 0 Å². The molecule has 1 aliphatic heterocycles. The smallest absolute Gasteiger partial charge is 0.153 e. The molecule has 1 heterocycles. The van der Waals surface area contributed by atoms with E-state index in [1.165, 1.54) is 0 Å². The maximum atomic E-state index is 11.8. The molecule has 3 heteroatoms. The molecule has 0 saturated carbocycles. The zero-order valence-corrected chi connectivity index (χ0v) is 10.5. The highest BCUT2D eigenvalue weighted by Gasteiger charge is 2.36. The van der Waals surface area contributed by atoms with Crippen molar-refractivity contribution in [1.82, 2.24) is 0 Å². The highest BCUT2D eigenvalue weighted by Crippen LogP contribution is 2.33. The Morgan fingerprint density at radius 1 is 1.07 bits per heavy atom. The lowest BCUT2D eigenvalue weighted by Crippen LogP contribution is -2.38. The molecule has 1 aliphatic rings. The van der Waals surface area contributed by atoms with Gasteiger partial charge < -0.3 is 0 Å². The van der Waals surface area contributed by atoms with Crippen molar-refractivity contribution in [2.24, 2.45) is 17.8 Å². The molecule has 0 aromatic heterocycles. The van der Waals surface area contributed by atoms with Crippen LogP contribution in [-0.2, 0) is 9.84 Å². The second-order valence-electron chi connectivity index (χ2n) is 5.18. The van der Waals surface area contributed by atoms with E-state index in [1.54, 1.807) is 0 Å². The van der Waals surface area contributed by atoms with Crippen molar-refractivity contribution < 1.29 is 8.42 Å². The van der Waals surface area contributed by atoms with E-state index in [4.69, 9.17) is 0 Å². The fourth-order valence-electron chi connectivity index (χ4n) is 2.32. The molecule has 0 N–H and O–H groups in total. The normalized spacial score (nSPS) is 32.4. The van der Waals surface area contributed by atoms with Crippen molar-refractivity contribution in [3.8, 4) is 0 Å². The Hall–Kier alpha value is -0.0500. The summed E-state index contributed by atoms with van der Waals surface area (Å²) in [6.07, 6.45) is 1.74.